The first-order valence-corrected chi connectivity index (χ1v) is 9.24. The number of nitrogens with one attached hydrogen (secondary N) is 2. The Morgan fingerprint density at radius 3 is 2.50 bits per heavy atom. The fraction of sp³-hybridized carbons (Fsp3) is 0.579. The van der Waals surface area contributed by atoms with Crippen LogP contribution in [0.15, 0.2) is 35.3 Å². The number of hydrogen-bond donors (Lipinski definition) is 2. The summed E-state index contributed by atoms with van der Waals surface area (Å²) in [6.07, 6.45) is 3.06. The lowest BCUT2D eigenvalue weighted by molar-refractivity contribution is -0.119. The number of carbonyl (C=O) groups excluding carboxylic acids is 1. The quantitative estimate of drug-likeness (QED) is 0.363. The Morgan fingerprint density at radius 1 is 1.19 bits per heavy atom. The van der Waals surface area contributed by atoms with Crippen molar-refractivity contribution in [2.24, 2.45) is 4.99 Å². The molecule has 2 rings (SSSR count). The average Bonchev–Trinajstić information content (AvgIpc) is 2.65. The van der Waals surface area contributed by atoms with E-state index in [0.717, 1.165) is 50.6 Å². The van der Waals surface area contributed by atoms with Crippen molar-refractivity contribution in [3.8, 4) is 5.75 Å². The van der Waals surface area contributed by atoms with E-state index in [1.54, 1.807) is 0 Å². The predicted octanol–water partition coefficient (Wildman–Crippen LogP) is 2.64. The molecule has 0 aliphatic carbocycles. The van der Waals surface area contributed by atoms with E-state index in [0.29, 0.717) is 6.54 Å². The average molecular weight is 474 g/mol. The second-order valence-electron chi connectivity index (χ2n) is 6.14. The molecule has 0 radical (unpaired) electrons. The van der Waals surface area contributed by atoms with Crippen molar-refractivity contribution in [1.82, 2.24) is 15.5 Å². The number of rotatable bonds is 7. The van der Waals surface area contributed by atoms with E-state index < -0.39 is 0 Å². The first-order chi connectivity index (χ1) is 12.2. The number of piperidine rings is 1. The molecule has 1 saturated heterocycles. The van der Waals surface area contributed by atoms with E-state index in [4.69, 9.17) is 4.74 Å². The van der Waals surface area contributed by atoms with Gasteiger partial charge in [-0.2, -0.15) is 0 Å². The smallest absolute Gasteiger partial charge is 0.241 e. The van der Waals surface area contributed by atoms with Crippen molar-refractivity contribution >= 4 is 35.8 Å². The van der Waals surface area contributed by atoms with Crippen LogP contribution in [0.5, 0.6) is 5.75 Å². The normalized spacial score (nSPS) is 15.2. The second kappa shape index (κ2) is 12.8. The number of amides is 1. The van der Waals surface area contributed by atoms with E-state index in [2.05, 4.69) is 20.5 Å². The van der Waals surface area contributed by atoms with Gasteiger partial charge in [-0.15, -0.1) is 24.0 Å². The van der Waals surface area contributed by atoms with Crippen LogP contribution in [0.4, 0.5) is 0 Å². The van der Waals surface area contributed by atoms with Crippen molar-refractivity contribution in [2.45, 2.75) is 39.2 Å². The molecule has 1 aliphatic rings. The zero-order valence-electron chi connectivity index (χ0n) is 15.7. The van der Waals surface area contributed by atoms with Crippen LogP contribution in [-0.2, 0) is 4.79 Å². The number of nitrogens with zero attached hydrogens (tertiary/aromatic N) is 2. The number of aliphatic imine (C=N–C) groups is 1. The molecule has 1 heterocycles. The van der Waals surface area contributed by atoms with Gasteiger partial charge in [-0.25, -0.2) is 4.99 Å². The highest BCUT2D eigenvalue weighted by Gasteiger charge is 2.22. The summed E-state index contributed by atoms with van der Waals surface area (Å²) in [5.41, 5.74) is 0. The third-order valence-corrected chi connectivity index (χ3v) is 4.07. The lowest BCUT2D eigenvalue weighted by Crippen LogP contribution is -2.47. The van der Waals surface area contributed by atoms with E-state index >= 15 is 0 Å². The summed E-state index contributed by atoms with van der Waals surface area (Å²) in [4.78, 5) is 18.5. The Balaban J connectivity index is 0.00000338. The molecule has 1 aromatic carbocycles. The van der Waals surface area contributed by atoms with Crippen molar-refractivity contribution in [2.75, 3.05) is 32.7 Å². The zero-order chi connectivity index (χ0) is 17.9. The van der Waals surface area contributed by atoms with Gasteiger partial charge in [0.2, 0.25) is 5.91 Å². The maximum Gasteiger partial charge on any atom is 0.241 e. The van der Waals surface area contributed by atoms with Crippen molar-refractivity contribution in [1.29, 1.82) is 0 Å². The highest BCUT2D eigenvalue weighted by molar-refractivity contribution is 14.0. The predicted molar refractivity (Wildman–Crippen MR) is 116 cm³/mol. The summed E-state index contributed by atoms with van der Waals surface area (Å²) in [5, 5.41) is 6.14. The SMILES string of the molecule is CCCNC(=O)CN=C(NCC)N1CCC(Oc2ccccc2)CC1.I. The Hall–Kier alpha value is -1.51. The Morgan fingerprint density at radius 2 is 1.88 bits per heavy atom. The van der Waals surface area contributed by atoms with Gasteiger partial charge in [0.15, 0.2) is 5.96 Å². The molecule has 0 saturated carbocycles. The number of guanidine groups is 1. The Bertz CT molecular complexity index is 546. The third kappa shape index (κ3) is 7.80. The van der Waals surface area contributed by atoms with Gasteiger partial charge >= 0.3 is 0 Å². The van der Waals surface area contributed by atoms with Crippen LogP contribution in [0.1, 0.15) is 33.1 Å². The lowest BCUT2D eigenvalue weighted by Gasteiger charge is -2.34. The number of hydrogen-bond acceptors (Lipinski definition) is 3. The molecule has 26 heavy (non-hydrogen) atoms. The zero-order valence-corrected chi connectivity index (χ0v) is 18.1. The maximum absolute atomic E-state index is 11.8. The molecule has 1 aliphatic heterocycles. The van der Waals surface area contributed by atoms with E-state index in [-0.39, 0.29) is 42.5 Å². The van der Waals surface area contributed by atoms with Gasteiger partial charge in [-0.1, -0.05) is 25.1 Å². The number of likely N-dealkylation sites (tertiary alicyclic amines) is 1. The summed E-state index contributed by atoms with van der Waals surface area (Å²) < 4.78 is 6.03. The molecule has 1 amide bonds. The van der Waals surface area contributed by atoms with Gasteiger partial charge in [0.25, 0.3) is 0 Å². The number of para-hydroxylation sites is 1. The van der Waals surface area contributed by atoms with Gasteiger partial charge in [0.1, 0.15) is 18.4 Å². The molecule has 0 spiro atoms. The van der Waals surface area contributed by atoms with Gasteiger partial charge in [-0.3, -0.25) is 4.79 Å². The summed E-state index contributed by atoms with van der Waals surface area (Å²) in [7, 11) is 0. The second-order valence-corrected chi connectivity index (χ2v) is 6.14. The fourth-order valence-electron chi connectivity index (χ4n) is 2.77. The Kier molecular flexibility index (Phi) is 11.1. The molecule has 1 aromatic rings. The van der Waals surface area contributed by atoms with Crippen molar-refractivity contribution < 1.29 is 9.53 Å². The first-order valence-electron chi connectivity index (χ1n) is 9.24. The largest absolute Gasteiger partial charge is 0.490 e. The van der Waals surface area contributed by atoms with Gasteiger partial charge in [0.05, 0.1) is 0 Å². The van der Waals surface area contributed by atoms with Crippen LogP contribution < -0.4 is 15.4 Å². The van der Waals surface area contributed by atoms with E-state index in [1.807, 2.05) is 44.2 Å². The summed E-state index contributed by atoms with van der Waals surface area (Å²) in [6.45, 7) is 7.48. The first kappa shape index (κ1) is 22.5. The number of carbonyl (C=O) groups is 1. The van der Waals surface area contributed by atoms with Gasteiger partial charge in [-0.05, 0) is 25.5 Å². The Labute approximate surface area is 173 Å². The van der Waals surface area contributed by atoms with Crippen LogP contribution in [0.3, 0.4) is 0 Å². The minimum Gasteiger partial charge on any atom is -0.490 e. The molecular formula is C19H31IN4O2. The van der Waals surface area contributed by atoms with E-state index in [9.17, 15) is 4.79 Å². The fourth-order valence-corrected chi connectivity index (χ4v) is 2.77. The maximum atomic E-state index is 11.8. The van der Waals surface area contributed by atoms with E-state index in [1.165, 1.54) is 0 Å². The number of benzene rings is 1. The van der Waals surface area contributed by atoms with Crippen LogP contribution in [0.25, 0.3) is 0 Å². The van der Waals surface area contributed by atoms with Crippen molar-refractivity contribution in [3.05, 3.63) is 30.3 Å². The van der Waals surface area contributed by atoms with Gasteiger partial charge in [0, 0.05) is 39.0 Å². The van der Waals surface area contributed by atoms with Crippen LogP contribution >= 0.6 is 24.0 Å². The number of ether oxygens (including phenoxy) is 1. The topological polar surface area (TPSA) is 66.0 Å². The minimum atomic E-state index is -0.0282. The lowest BCUT2D eigenvalue weighted by atomic mass is 10.1. The minimum absolute atomic E-state index is 0. The van der Waals surface area contributed by atoms with Gasteiger partial charge < -0.3 is 20.3 Å². The van der Waals surface area contributed by atoms with Crippen molar-refractivity contribution in [3.63, 3.8) is 0 Å². The monoisotopic (exact) mass is 474 g/mol. The standard InChI is InChI=1S/C19H30N4O2.HI/c1-3-12-21-18(24)15-22-19(20-4-2)23-13-10-17(11-14-23)25-16-8-6-5-7-9-16;/h5-9,17H,3-4,10-15H2,1-2H3,(H,20,22)(H,21,24);1H. The summed E-state index contributed by atoms with van der Waals surface area (Å²) in [6, 6.07) is 9.96. The molecular weight excluding hydrogens is 443 g/mol. The summed E-state index contributed by atoms with van der Waals surface area (Å²) >= 11 is 0. The molecule has 0 bridgehead atoms. The van der Waals surface area contributed by atoms with Crippen LogP contribution in [-0.4, -0.2) is 55.6 Å². The molecule has 0 atom stereocenters. The number of halogens is 1. The molecule has 7 heteroatoms. The third-order valence-electron chi connectivity index (χ3n) is 4.07. The molecule has 6 nitrogen and oxygen atoms in total. The summed E-state index contributed by atoms with van der Waals surface area (Å²) in [5.74, 6) is 1.71. The van der Waals surface area contributed by atoms with Crippen LogP contribution in [0, 0.1) is 0 Å². The highest BCUT2D eigenvalue weighted by atomic mass is 127. The highest BCUT2D eigenvalue weighted by Crippen LogP contribution is 2.18. The van der Waals surface area contributed by atoms with Crippen LogP contribution in [0.2, 0.25) is 0 Å². The molecule has 146 valence electrons. The molecule has 1 fully saturated rings. The molecule has 0 unspecified atom stereocenters. The molecule has 0 aromatic heterocycles. The molecule has 2 N–H and O–H groups in total.